The van der Waals surface area contributed by atoms with Crippen LogP contribution in [0.2, 0.25) is 10.0 Å². The maximum atomic E-state index is 12.5. The van der Waals surface area contributed by atoms with Gasteiger partial charge in [-0.2, -0.15) is 9.57 Å². The summed E-state index contributed by atoms with van der Waals surface area (Å²) in [6.07, 6.45) is 0.355. The number of nitriles is 1. The van der Waals surface area contributed by atoms with Crippen LogP contribution in [0.4, 0.5) is 0 Å². The monoisotopic (exact) mass is 348 g/mol. The Morgan fingerprint density at radius 1 is 1.48 bits per heavy atom. The largest absolute Gasteiger partial charge is 0.378 e. The maximum Gasteiger partial charge on any atom is 0.219 e. The Morgan fingerprint density at radius 3 is 2.71 bits per heavy atom. The predicted molar refractivity (Wildman–Crippen MR) is 80.6 cm³/mol. The number of sulfonamides is 1. The average molecular weight is 349 g/mol. The highest BCUT2D eigenvalue weighted by Crippen LogP contribution is 2.30. The number of halogens is 2. The molecule has 0 N–H and O–H groups in total. The Balaban J connectivity index is 2.28. The number of benzene rings is 1. The van der Waals surface area contributed by atoms with E-state index in [1.807, 2.05) is 0 Å². The van der Waals surface area contributed by atoms with Crippen LogP contribution in [-0.4, -0.2) is 38.5 Å². The first-order valence-electron chi connectivity index (χ1n) is 6.20. The van der Waals surface area contributed by atoms with Crippen LogP contribution in [0.5, 0.6) is 0 Å². The second-order valence-electron chi connectivity index (χ2n) is 4.91. The van der Waals surface area contributed by atoms with E-state index in [0.29, 0.717) is 23.6 Å². The third-order valence-electron chi connectivity index (χ3n) is 3.58. The number of ether oxygens (including phenoxy) is 1. The van der Waals surface area contributed by atoms with Crippen molar-refractivity contribution in [2.45, 2.75) is 17.7 Å². The SMILES string of the molecule is CN(C1(C#N)CCOC1)S(=O)(=O)Cc1ccc(Cl)cc1Cl. The molecule has 5 nitrogen and oxygen atoms in total. The zero-order valence-corrected chi connectivity index (χ0v) is 13.7. The zero-order valence-electron chi connectivity index (χ0n) is 11.3. The van der Waals surface area contributed by atoms with Gasteiger partial charge in [0.2, 0.25) is 10.0 Å². The van der Waals surface area contributed by atoms with E-state index in [0.717, 1.165) is 4.31 Å². The summed E-state index contributed by atoms with van der Waals surface area (Å²) in [5.74, 6) is -0.289. The summed E-state index contributed by atoms with van der Waals surface area (Å²) in [5.41, 5.74) is -0.697. The van der Waals surface area contributed by atoms with Gasteiger partial charge in [0.25, 0.3) is 0 Å². The van der Waals surface area contributed by atoms with Gasteiger partial charge in [0, 0.05) is 30.1 Å². The number of nitrogens with zero attached hydrogens (tertiary/aromatic N) is 2. The van der Waals surface area contributed by atoms with E-state index in [1.54, 1.807) is 12.1 Å². The number of rotatable bonds is 4. The summed E-state index contributed by atoms with van der Waals surface area (Å²) >= 11 is 11.8. The molecular formula is C13H14Cl2N2O3S. The second kappa shape index (κ2) is 6.11. The minimum Gasteiger partial charge on any atom is -0.378 e. The normalized spacial score (nSPS) is 22.4. The third kappa shape index (κ3) is 3.33. The molecule has 1 atom stereocenters. The summed E-state index contributed by atoms with van der Waals surface area (Å²) in [6.45, 7) is 0.447. The quantitative estimate of drug-likeness (QED) is 0.837. The lowest BCUT2D eigenvalue weighted by Crippen LogP contribution is -2.49. The Morgan fingerprint density at radius 2 is 2.19 bits per heavy atom. The lowest BCUT2D eigenvalue weighted by molar-refractivity contribution is 0.162. The molecule has 1 aromatic rings. The molecule has 0 aliphatic carbocycles. The molecule has 8 heteroatoms. The summed E-state index contributed by atoms with van der Waals surface area (Å²) < 4.78 is 31.3. The molecule has 1 unspecified atom stereocenters. The van der Waals surface area contributed by atoms with E-state index in [-0.39, 0.29) is 17.4 Å². The van der Waals surface area contributed by atoms with Gasteiger partial charge >= 0.3 is 0 Å². The molecule has 21 heavy (non-hydrogen) atoms. The molecule has 1 aliphatic rings. The fraction of sp³-hybridized carbons (Fsp3) is 0.462. The standard InChI is InChI=1S/C13H14Cl2N2O3S/c1-17(13(8-16)4-5-20-9-13)21(18,19)7-10-2-3-11(14)6-12(10)15/h2-3,6H,4-5,7,9H2,1H3. The zero-order chi connectivity index (χ0) is 15.7. The molecule has 1 aromatic carbocycles. The lowest BCUT2D eigenvalue weighted by Gasteiger charge is -2.30. The van der Waals surface area contributed by atoms with Crippen LogP contribution in [0, 0.1) is 11.3 Å². The Bertz CT molecular complexity index is 679. The number of hydrogen-bond acceptors (Lipinski definition) is 4. The van der Waals surface area contributed by atoms with Crippen molar-refractivity contribution >= 4 is 33.2 Å². The molecule has 1 fully saturated rings. The fourth-order valence-corrected chi connectivity index (χ4v) is 4.27. The van der Waals surface area contributed by atoms with E-state index in [2.05, 4.69) is 6.07 Å². The maximum absolute atomic E-state index is 12.5. The van der Waals surface area contributed by atoms with Crippen LogP contribution in [0.3, 0.4) is 0 Å². The van der Waals surface area contributed by atoms with Gasteiger partial charge in [0.15, 0.2) is 0 Å². The van der Waals surface area contributed by atoms with Crippen molar-refractivity contribution in [3.8, 4) is 6.07 Å². The number of hydrogen-bond donors (Lipinski definition) is 0. The Kier molecular flexibility index (Phi) is 4.81. The number of likely N-dealkylation sites (N-methyl/N-ethyl adjacent to an activating group) is 1. The molecule has 1 saturated heterocycles. The molecule has 0 radical (unpaired) electrons. The van der Waals surface area contributed by atoms with E-state index in [9.17, 15) is 13.7 Å². The first-order chi connectivity index (χ1) is 9.81. The van der Waals surface area contributed by atoms with Crippen LogP contribution in [-0.2, 0) is 20.5 Å². The van der Waals surface area contributed by atoms with Gasteiger partial charge < -0.3 is 4.74 Å². The van der Waals surface area contributed by atoms with Crippen molar-refractivity contribution in [2.75, 3.05) is 20.3 Å². The summed E-state index contributed by atoms with van der Waals surface area (Å²) in [4.78, 5) is 0. The van der Waals surface area contributed by atoms with Crippen LogP contribution in [0.1, 0.15) is 12.0 Å². The topological polar surface area (TPSA) is 70.4 Å². The molecule has 2 rings (SSSR count). The lowest BCUT2D eigenvalue weighted by atomic mass is 10.0. The Hall–Kier alpha value is -0.840. The highest BCUT2D eigenvalue weighted by Gasteiger charge is 2.44. The third-order valence-corrected chi connectivity index (χ3v) is 6.03. The van der Waals surface area contributed by atoms with Crippen molar-refractivity contribution in [3.05, 3.63) is 33.8 Å². The molecule has 0 spiro atoms. The van der Waals surface area contributed by atoms with Gasteiger partial charge in [0.1, 0.15) is 5.54 Å². The first-order valence-corrected chi connectivity index (χ1v) is 8.57. The molecule has 0 aromatic heterocycles. The highest BCUT2D eigenvalue weighted by molar-refractivity contribution is 7.88. The van der Waals surface area contributed by atoms with Gasteiger partial charge in [-0.15, -0.1) is 0 Å². The van der Waals surface area contributed by atoms with E-state index in [1.165, 1.54) is 13.1 Å². The fourth-order valence-electron chi connectivity index (χ4n) is 2.16. The van der Waals surface area contributed by atoms with E-state index in [4.69, 9.17) is 27.9 Å². The van der Waals surface area contributed by atoms with Gasteiger partial charge in [-0.05, 0) is 17.7 Å². The van der Waals surface area contributed by atoms with Gasteiger partial charge in [-0.1, -0.05) is 29.3 Å². The van der Waals surface area contributed by atoms with Gasteiger partial charge in [-0.25, -0.2) is 8.42 Å². The van der Waals surface area contributed by atoms with Crippen LogP contribution < -0.4 is 0 Å². The molecule has 1 aliphatic heterocycles. The second-order valence-corrected chi connectivity index (χ2v) is 7.75. The Labute approximate surface area is 134 Å². The molecule has 114 valence electrons. The molecule has 1 heterocycles. The summed E-state index contributed by atoms with van der Waals surface area (Å²) in [7, 11) is -2.30. The highest BCUT2D eigenvalue weighted by atomic mass is 35.5. The summed E-state index contributed by atoms with van der Waals surface area (Å²) in [5, 5.41) is 10.1. The van der Waals surface area contributed by atoms with E-state index >= 15 is 0 Å². The first kappa shape index (κ1) is 16.5. The van der Waals surface area contributed by atoms with Crippen LogP contribution >= 0.6 is 23.2 Å². The minimum atomic E-state index is -3.70. The van der Waals surface area contributed by atoms with Crippen LogP contribution in [0.25, 0.3) is 0 Å². The van der Waals surface area contributed by atoms with Crippen molar-refractivity contribution in [1.29, 1.82) is 5.26 Å². The van der Waals surface area contributed by atoms with Crippen molar-refractivity contribution < 1.29 is 13.2 Å². The van der Waals surface area contributed by atoms with Crippen molar-refractivity contribution in [3.63, 3.8) is 0 Å². The molecule has 0 bridgehead atoms. The van der Waals surface area contributed by atoms with Crippen LogP contribution in [0.15, 0.2) is 18.2 Å². The van der Waals surface area contributed by atoms with Gasteiger partial charge in [-0.3, -0.25) is 0 Å². The molecular weight excluding hydrogens is 335 g/mol. The van der Waals surface area contributed by atoms with E-state index < -0.39 is 15.6 Å². The smallest absolute Gasteiger partial charge is 0.219 e. The van der Waals surface area contributed by atoms with Crippen molar-refractivity contribution in [1.82, 2.24) is 4.31 Å². The van der Waals surface area contributed by atoms with Gasteiger partial charge in [0.05, 0.1) is 18.4 Å². The summed E-state index contributed by atoms with van der Waals surface area (Å²) in [6, 6.07) is 6.70. The molecule has 0 saturated carbocycles. The van der Waals surface area contributed by atoms with Crippen molar-refractivity contribution in [2.24, 2.45) is 0 Å². The predicted octanol–water partition coefficient (Wildman–Crippen LogP) is 2.44. The average Bonchev–Trinajstić information content (AvgIpc) is 2.91. The minimum absolute atomic E-state index is 0.0770. The molecule has 0 amide bonds.